The van der Waals surface area contributed by atoms with Gasteiger partial charge in [0.15, 0.2) is 0 Å². The molecular weight excluding hydrogens is 366 g/mol. The van der Waals surface area contributed by atoms with E-state index in [1.807, 2.05) is 54.3 Å². The van der Waals surface area contributed by atoms with Crippen LogP contribution in [0.3, 0.4) is 0 Å². The summed E-state index contributed by atoms with van der Waals surface area (Å²) in [5, 5.41) is 3.06. The van der Waals surface area contributed by atoms with Crippen molar-refractivity contribution in [2.45, 2.75) is 32.2 Å². The number of nitrogens with one attached hydrogen (secondary N) is 1. The maximum atomic E-state index is 13.1. The first-order valence-electron chi connectivity index (χ1n) is 10.1. The zero-order valence-electron chi connectivity index (χ0n) is 17.1. The second-order valence-corrected chi connectivity index (χ2v) is 7.39. The fraction of sp³-hybridized carbons (Fsp3) is 0.435. The second-order valence-electron chi connectivity index (χ2n) is 7.39. The number of hydrogen-bond donors (Lipinski definition) is 1. The zero-order chi connectivity index (χ0) is 20.6. The van der Waals surface area contributed by atoms with Crippen LogP contribution < -0.4 is 5.32 Å². The average Bonchev–Trinajstić information content (AvgIpc) is 2.74. The first-order chi connectivity index (χ1) is 14.1. The van der Waals surface area contributed by atoms with E-state index in [1.165, 1.54) is 0 Å². The van der Waals surface area contributed by atoms with Gasteiger partial charge in [0.1, 0.15) is 0 Å². The number of benzene rings is 1. The Hall–Kier alpha value is -2.73. The van der Waals surface area contributed by atoms with Gasteiger partial charge in [-0.2, -0.15) is 0 Å². The lowest BCUT2D eigenvalue weighted by atomic mass is 9.82. The minimum atomic E-state index is -0.283. The van der Waals surface area contributed by atoms with Crippen LogP contribution in [0.15, 0.2) is 48.7 Å². The molecule has 2 atom stereocenters. The van der Waals surface area contributed by atoms with E-state index in [1.54, 1.807) is 13.3 Å². The maximum Gasteiger partial charge on any atom is 0.225 e. The average molecular weight is 396 g/mol. The van der Waals surface area contributed by atoms with Crippen molar-refractivity contribution in [2.24, 2.45) is 5.92 Å². The van der Waals surface area contributed by atoms with Crippen molar-refractivity contribution < 1.29 is 14.3 Å². The van der Waals surface area contributed by atoms with Crippen molar-refractivity contribution >= 4 is 11.8 Å². The molecule has 0 saturated carbocycles. The van der Waals surface area contributed by atoms with Gasteiger partial charge in [-0.15, -0.1) is 0 Å². The molecule has 1 aromatic carbocycles. The number of hydrogen-bond acceptors (Lipinski definition) is 4. The molecule has 154 valence electrons. The third kappa shape index (κ3) is 5.21. The zero-order valence-corrected chi connectivity index (χ0v) is 17.1. The number of carbonyl (C=O) groups excluding carboxylic acids is 2. The Morgan fingerprint density at radius 2 is 2.03 bits per heavy atom. The van der Waals surface area contributed by atoms with Crippen LogP contribution in [0.25, 0.3) is 0 Å². The van der Waals surface area contributed by atoms with Crippen LogP contribution in [0.5, 0.6) is 0 Å². The van der Waals surface area contributed by atoms with Crippen LogP contribution in [-0.4, -0.2) is 48.5 Å². The Bertz CT molecular complexity index is 825. The molecule has 1 aliphatic heterocycles. The number of rotatable bonds is 8. The number of piperidine rings is 1. The van der Waals surface area contributed by atoms with E-state index < -0.39 is 0 Å². The summed E-state index contributed by atoms with van der Waals surface area (Å²) in [5.41, 5.74) is 3.06. The van der Waals surface area contributed by atoms with Crippen LogP contribution in [0, 0.1) is 12.8 Å². The van der Waals surface area contributed by atoms with Gasteiger partial charge in [0.25, 0.3) is 0 Å². The minimum Gasteiger partial charge on any atom is -0.383 e. The number of carbonyl (C=O) groups is 2. The van der Waals surface area contributed by atoms with E-state index in [0.717, 1.165) is 16.8 Å². The molecule has 3 rings (SSSR count). The Kier molecular flexibility index (Phi) is 7.36. The van der Waals surface area contributed by atoms with E-state index in [0.29, 0.717) is 39.0 Å². The lowest BCUT2D eigenvalue weighted by Crippen LogP contribution is -2.49. The predicted molar refractivity (Wildman–Crippen MR) is 111 cm³/mol. The fourth-order valence-electron chi connectivity index (χ4n) is 3.97. The van der Waals surface area contributed by atoms with Gasteiger partial charge in [-0.1, -0.05) is 30.3 Å². The SMILES string of the molecule is COCCN1C(=O)CC[C@@H](C(=O)NCCc2ccccn2)[C@@H]1c1ccccc1C. The molecule has 2 aromatic rings. The molecule has 0 aliphatic carbocycles. The molecule has 0 bridgehead atoms. The molecule has 1 aromatic heterocycles. The highest BCUT2D eigenvalue weighted by molar-refractivity contribution is 5.85. The molecule has 0 unspecified atom stereocenters. The number of aryl methyl sites for hydroxylation is 1. The summed E-state index contributed by atoms with van der Waals surface area (Å²) in [5.74, 6) is -0.216. The Morgan fingerprint density at radius 1 is 1.24 bits per heavy atom. The lowest BCUT2D eigenvalue weighted by Gasteiger charge is -2.41. The first kappa shape index (κ1) is 21.0. The Balaban J connectivity index is 1.77. The molecule has 0 spiro atoms. The monoisotopic (exact) mass is 395 g/mol. The summed E-state index contributed by atoms with van der Waals surface area (Å²) in [4.78, 5) is 31.9. The number of pyridine rings is 1. The van der Waals surface area contributed by atoms with Crippen LogP contribution >= 0.6 is 0 Å². The predicted octanol–water partition coefficient (Wildman–Crippen LogP) is 2.68. The van der Waals surface area contributed by atoms with Gasteiger partial charge in [0.2, 0.25) is 11.8 Å². The summed E-state index contributed by atoms with van der Waals surface area (Å²) in [6, 6.07) is 13.5. The van der Waals surface area contributed by atoms with Gasteiger partial charge in [-0.05, 0) is 36.6 Å². The number of methoxy groups -OCH3 is 1. The van der Waals surface area contributed by atoms with Gasteiger partial charge in [-0.25, -0.2) is 0 Å². The van der Waals surface area contributed by atoms with Gasteiger partial charge in [-0.3, -0.25) is 14.6 Å². The molecular formula is C23H29N3O3. The number of likely N-dealkylation sites (tertiary alicyclic amines) is 1. The summed E-state index contributed by atoms with van der Waals surface area (Å²) in [6.07, 6.45) is 3.37. The van der Waals surface area contributed by atoms with Crippen molar-refractivity contribution in [2.75, 3.05) is 26.8 Å². The largest absolute Gasteiger partial charge is 0.383 e. The molecule has 2 heterocycles. The summed E-state index contributed by atoms with van der Waals surface area (Å²) >= 11 is 0. The van der Waals surface area contributed by atoms with E-state index >= 15 is 0 Å². The van der Waals surface area contributed by atoms with Crippen molar-refractivity contribution in [3.63, 3.8) is 0 Å². The third-order valence-electron chi connectivity index (χ3n) is 5.49. The molecule has 1 saturated heterocycles. The van der Waals surface area contributed by atoms with Crippen LogP contribution in [0.2, 0.25) is 0 Å². The van der Waals surface area contributed by atoms with Crippen LogP contribution in [0.1, 0.15) is 35.7 Å². The van der Waals surface area contributed by atoms with Gasteiger partial charge in [0, 0.05) is 44.9 Å². The quantitative estimate of drug-likeness (QED) is 0.746. The molecule has 6 heteroatoms. The highest BCUT2D eigenvalue weighted by Gasteiger charge is 2.40. The smallest absolute Gasteiger partial charge is 0.225 e. The molecule has 1 fully saturated rings. The molecule has 0 radical (unpaired) electrons. The second kappa shape index (κ2) is 10.2. The van der Waals surface area contributed by atoms with Gasteiger partial charge >= 0.3 is 0 Å². The van der Waals surface area contributed by atoms with Gasteiger partial charge < -0.3 is 15.0 Å². The topological polar surface area (TPSA) is 71.5 Å². The van der Waals surface area contributed by atoms with Crippen molar-refractivity contribution in [3.05, 3.63) is 65.5 Å². The fourth-order valence-corrected chi connectivity index (χ4v) is 3.97. The van der Waals surface area contributed by atoms with Crippen molar-refractivity contribution in [1.29, 1.82) is 0 Å². The molecule has 6 nitrogen and oxygen atoms in total. The van der Waals surface area contributed by atoms with Crippen LogP contribution in [-0.2, 0) is 20.7 Å². The van der Waals surface area contributed by atoms with Crippen LogP contribution in [0.4, 0.5) is 0 Å². The van der Waals surface area contributed by atoms with E-state index in [9.17, 15) is 9.59 Å². The highest BCUT2D eigenvalue weighted by Crippen LogP contribution is 2.38. The maximum absolute atomic E-state index is 13.1. The number of ether oxygens (including phenoxy) is 1. The summed E-state index contributed by atoms with van der Waals surface area (Å²) < 4.78 is 5.22. The molecule has 2 amide bonds. The number of amides is 2. The Morgan fingerprint density at radius 3 is 2.76 bits per heavy atom. The summed E-state index contributed by atoms with van der Waals surface area (Å²) in [6.45, 7) is 3.48. The standard InChI is InChI=1S/C23H29N3O3/c1-17-7-3-4-9-19(17)22-20(10-11-21(27)26(22)15-16-29-2)23(28)25-14-12-18-8-5-6-13-24-18/h3-9,13,20,22H,10-12,14-16H2,1-2H3,(H,25,28)/t20-,22+/m1/s1. The molecule has 29 heavy (non-hydrogen) atoms. The lowest BCUT2D eigenvalue weighted by molar-refractivity contribution is -0.144. The van der Waals surface area contributed by atoms with Crippen molar-refractivity contribution in [1.82, 2.24) is 15.2 Å². The van der Waals surface area contributed by atoms with E-state index in [-0.39, 0.29) is 23.8 Å². The summed E-state index contributed by atoms with van der Waals surface area (Å²) in [7, 11) is 1.62. The first-order valence-corrected chi connectivity index (χ1v) is 10.1. The minimum absolute atomic E-state index is 0.0101. The third-order valence-corrected chi connectivity index (χ3v) is 5.49. The van der Waals surface area contributed by atoms with Crippen molar-refractivity contribution in [3.8, 4) is 0 Å². The number of nitrogens with zero attached hydrogens (tertiary/aromatic N) is 2. The molecule has 1 N–H and O–H groups in total. The normalized spacial score (nSPS) is 19.2. The Labute approximate surface area is 172 Å². The van der Waals surface area contributed by atoms with Gasteiger partial charge in [0.05, 0.1) is 18.6 Å². The highest BCUT2D eigenvalue weighted by atomic mass is 16.5. The van der Waals surface area contributed by atoms with E-state index in [2.05, 4.69) is 10.3 Å². The number of aromatic nitrogens is 1. The van der Waals surface area contributed by atoms with E-state index in [4.69, 9.17) is 4.74 Å². The molecule has 1 aliphatic rings.